The number of aromatic nitrogens is 1. The summed E-state index contributed by atoms with van der Waals surface area (Å²) in [6, 6.07) is 8.66. The molecule has 2 aliphatic rings. The van der Waals surface area contributed by atoms with Gasteiger partial charge in [0, 0.05) is 44.6 Å². The first-order valence-corrected chi connectivity index (χ1v) is 12.6. The quantitative estimate of drug-likeness (QED) is 0.635. The fourth-order valence-electron chi connectivity index (χ4n) is 5.05. The second-order valence-corrected chi connectivity index (χ2v) is 11.0. The van der Waals surface area contributed by atoms with Crippen LogP contribution in [-0.2, 0) is 29.0 Å². The number of carbonyl (C=O) groups excluding carboxylic acids is 1. The van der Waals surface area contributed by atoms with Gasteiger partial charge in [0.05, 0.1) is 24.9 Å². The molecule has 190 valence electrons. The zero-order chi connectivity index (χ0) is 25.2. The van der Waals surface area contributed by atoms with Crippen LogP contribution < -0.4 is 4.90 Å². The molecule has 0 saturated carbocycles. The van der Waals surface area contributed by atoms with Crippen molar-refractivity contribution >= 4 is 11.8 Å². The molecule has 4 rings (SSSR count). The minimum absolute atomic E-state index is 0.00953. The molecule has 1 aromatic heterocycles. The summed E-state index contributed by atoms with van der Waals surface area (Å²) in [6.07, 6.45) is 2.48. The number of morpholine rings is 1. The standard InChI is InChI=1S/C28H40N4O3/c1-20-14-21(2)25(29-16-20)19-30(6)18-23-15-24-22(17-32(23)27(33)35-28(3,4)5)8-7-9-26(24)31-10-12-34-13-11-31/h7-9,14,16,23H,10-13,15,17-19H2,1-6H3/t23-/m1/s1. The average Bonchev–Trinajstić information content (AvgIpc) is 2.79. The molecule has 0 bridgehead atoms. The molecule has 1 saturated heterocycles. The number of aryl methyl sites for hydroxylation is 2. The predicted octanol–water partition coefficient (Wildman–Crippen LogP) is 4.33. The van der Waals surface area contributed by atoms with Crippen LogP contribution in [0.25, 0.3) is 0 Å². The molecule has 1 aromatic carbocycles. The largest absolute Gasteiger partial charge is 0.444 e. The van der Waals surface area contributed by atoms with Gasteiger partial charge in [-0.25, -0.2) is 4.79 Å². The van der Waals surface area contributed by atoms with Gasteiger partial charge in [-0.2, -0.15) is 0 Å². The lowest BCUT2D eigenvalue weighted by molar-refractivity contribution is 0.00824. The first-order chi connectivity index (χ1) is 16.6. The molecule has 0 unspecified atom stereocenters. The Bertz CT molecular complexity index is 1040. The normalized spacial score (nSPS) is 18.5. The number of hydrogen-bond acceptors (Lipinski definition) is 6. The van der Waals surface area contributed by atoms with E-state index in [4.69, 9.17) is 9.47 Å². The second-order valence-electron chi connectivity index (χ2n) is 11.0. The van der Waals surface area contributed by atoms with E-state index >= 15 is 0 Å². The topological polar surface area (TPSA) is 58.1 Å². The van der Waals surface area contributed by atoms with Crippen molar-refractivity contribution in [3.05, 3.63) is 58.4 Å². The molecule has 7 nitrogen and oxygen atoms in total. The van der Waals surface area contributed by atoms with Crippen LogP contribution in [-0.4, -0.2) is 72.4 Å². The van der Waals surface area contributed by atoms with Crippen LogP contribution in [0, 0.1) is 13.8 Å². The SMILES string of the molecule is Cc1cnc(CN(C)C[C@H]2Cc3c(cccc3N3CCOCC3)CN2C(=O)OC(C)(C)C)c(C)c1. The highest BCUT2D eigenvalue weighted by Crippen LogP contribution is 2.33. The Kier molecular flexibility index (Phi) is 7.67. The van der Waals surface area contributed by atoms with E-state index in [-0.39, 0.29) is 12.1 Å². The highest BCUT2D eigenvalue weighted by molar-refractivity contribution is 5.70. The van der Waals surface area contributed by atoms with Crippen LogP contribution >= 0.6 is 0 Å². The molecule has 3 heterocycles. The molecular weight excluding hydrogens is 440 g/mol. The predicted molar refractivity (Wildman–Crippen MR) is 139 cm³/mol. The zero-order valence-electron chi connectivity index (χ0n) is 22.1. The molecule has 0 aliphatic carbocycles. The third-order valence-electron chi connectivity index (χ3n) is 6.71. The Labute approximate surface area is 210 Å². The van der Waals surface area contributed by atoms with Crippen LogP contribution in [0.1, 0.15) is 48.7 Å². The van der Waals surface area contributed by atoms with Crippen molar-refractivity contribution in [1.29, 1.82) is 0 Å². The number of benzene rings is 1. The molecule has 1 amide bonds. The van der Waals surface area contributed by atoms with Crippen LogP contribution in [0.2, 0.25) is 0 Å². The van der Waals surface area contributed by atoms with Crippen molar-refractivity contribution in [3.8, 4) is 0 Å². The highest BCUT2D eigenvalue weighted by Gasteiger charge is 2.35. The maximum atomic E-state index is 13.3. The van der Waals surface area contributed by atoms with Crippen molar-refractivity contribution in [3.63, 3.8) is 0 Å². The molecule has 35 heavy (non-hydrogen) atoms. The smallest absolute Gasteiger partial charge is 0.410 e. The number of likely N-dealkylation sites (N-methyl/N-ethyl adjacent to an activating group) is 1. The fourth-order valence-corrected chi connectivity index (χ4v) is 5.05. The van der Waals surface area contributed by atoms with Gasteiger partial charge in [-0.05, 0) is 76.4 Å². The van der Waals surface area contributed by atoms with E-state index in [1.165, 1.54) is 27.9 Å². The molecule has 7 heteroatoms. The third kappa shape index (κ3) is 6.33. The summed E-state index contributed by atoms with van der Waals surface area (Å²) >= 11 is 0. The fraction of sp³-hybridized carbons (Fsp3) is 0.571. The van der Waals surface area contributed by atoms with Crippen LogP contribution in [0.3, 0.4) is 0 Å². The number of nitrogens with zero attached hydrogens (tertiary/aromatic N) is 4. The number of pyridine rings is 1. The Morgan fingerprint density at radius 3 is 2.66 bits per heavy atom. The molecule has 0 spiro atoms. The van der Waals surface area contributed by atoms with Crippen molar-refractivity contribution < 1.29 is 14.3 Å². The first kappa shape index (κ1) is 25.5. The molecule has 1 atom stereocenters. The Morgan fingerprint density at radius 1 is 1.23 bits per heavy atom. The van der Waals surface area contributed by atoms with Gasteiger partial charge in [0.2, 0.25) is 0 Å². The number of amides is 1. The van der Waals surface area contributed by atoms with Crippen molar-refractivity contribution in [1.82, 2.24) is 14.8 Å². The van der Waals surface area contributed by atoms with Gasteiger partial charge < -0.3 is 14.4 Å². The van der Waals surface area contributed by atoms with Gasteiger partial charge in [-0.3, -0.25) is 14.8 Å². The average molecular weight is 481 g/mol. The van der Waals surface area contributed by atoms with E-state index in [1.54, 1.807) is 0 Å². The minimum atomic E-state index is -0.535. The molecule has 0 N–H and O–H groups in total. The molecular formula is C28H40N4O3. The van der Waals surface area contributed by atoms with E-state index in [1.807, 2.05) is 31.9 Å². The van der Waals surface area contributed by atoms with E-state index in [9.17, 15) is 4.79 Å². The van der Waals surface area contributed by atoms with Crippen molar-refractivity contribution in [2.75, 3.05) is 44.8 Å². The van der Waals surface area contributed by atoms with Crippen LogP contribution in [0.5, 0.6) is 0 Å². The zero-order valence-corrected chi connectivity index (χ0v) is 22.1. The Morgan fingerprint density at radius 2 is 1.97 bits per heavy atom. The van der Waals surface area contributed by atoms with Gasteiger partial charge in [0.1, 0.15) is 5.60 Å². The maximum absolute atomic E-state index is 13.3. The molecule has 0 radical (unpaired) electrons. The summed E-state index contributed by atoms with van der Waals surface area (Å²) < 4.78 is 11.4. The van der Waals surface area contributed by atoms with Crippen LogP contribution in [0.15, 0.2) is 30.5 Å². The Balaban J connectivity index is 1.59. The highest BCUT2D eigenvalue weighted by atomic mass is 16.6. The van der Waals surface area contributed by atoms with Gasteiger partial charge in [-0.15, -0.1) is 0 Å². The maximum Gasteiger partial charge on any atom is 0.410 e. The summed E-state index contributed by atoms with van der Waals surface area (Å²) in [5.74, 6) is 0. The van der Waals surface area contributed by atoms with Gasteiger partial charge in [0.15, 0.2) is 0 Å². The number of anilines is 1. The number of fused-ring (bicyclic) bond motifs is 1. The number of ether oxygens (including phenoxy) is 2. The summed E-state index contributed by atoms with van der Waals surface area (Å²) in [4.78, 5) is 24.6. The first-order valence-electron chi connectivity index (χ1n) is 12.6. The molecule has 2 aromatic rings. The van der Waals surface area contributed by atoms with E-state index < -0.39 is 5.60 Å². The summed E-state index contributed by atoms with van der Waals surface area (Å²) in [7, 11) is 2.11. The number of hydrogen-bond donors (Lipinski definition) is 0. The van der Waals surface area contributed by atoms with Gasteiger partial charge in [-0.1, -0.05) is 18.2 Å². The van der Waals surface area contributed by atoms with Gasteiger partial charge in [0.25, 0.3) is 0 Å². The van der Waals surface area contributed by atoms with Gasteiger partial charge >= 0.3 is 6.09 Å². The molecule has 1 fully saturated rings. The van der Waals surface area contributed by atoms with Crippen molar-refractivity contribution in [2.24, 2.45) is 0 Å². The van der Waals surface area contributed by atoms with Crippen molar-refractivity contribution in [2.45, 2.75) is 65.8 Å². The van der Waals surface area contributed by atoms with E-state index in [2.05, 4.69) is 59.9 Å². The third-order valence-corrected chi connectivity index (χ3v) is 6.71. The minimum Gasteiger partial charge on any atom is -0.444 e. The monoisotopic (exact) mass is 480 g/mol. The number of carbonyl (C=O) groups is 1. The molecule has 2 aliphatic heterocycles. The van der Waals surface area contributed by atoms with E-state index in [0.29, 0.717) is 6.54 Å². The lowest BCUT2D eigenvalue weighted by Crippen LogP contribution is -2.51. The second kappa shape index (κ2) is 10.5. The summed E-state index contributed by atoms with van der Waals surface area (Å²) in [5, 5.41) is 0. The van der Waals surface area contributed by atoms with Crippen LogP contribution in [0.4, 0.5) is 10.5 Å². The number of rotatable bonds is 5. The lowest BCUT2D eigenvalue weighted by atomic mass is 9.91. The summed E-state index contributed by atoms with van der Waals surface area (Å²) in [5.41, 5.74) is 6.73. The Hall–Kier alpha value is -2.64. The summed E-state index contributed by atoms with van der Waals surface area (Å²) in [6.45, 7) is 15.3. The lowest BCUT2D eigenvalue weighted by Gasteiger charge is -2.41. The van der Waals surface area contributed by atoms with E-state index in [0.717, 1.165) is 51.5 Å².